The van der Waals surface area contributed by atoms with Crippen LogP contribution in [0.15, 0.2) is 60.2 Å². The van der Waals surface area contributed by atoms with Gasteiger partial charge in [-0.15, -0.1) is 0 Å². The number of anilines is 1. The highest BCUT2D eigenvalue weighted by Gasteiger charge is 2.47. The molecule has 0 aromatic heterocycles. The Morgan fingerprint density at radius 1 is 0.914 bits per heavy atom. The zero-order valence-corrected chi connectivity index (χ0v) is 21.2. The van der Waals surface area contributed by atoms with Crippen LogP contribution in [-0.2, 0) is 9.59 Å². The Morgan fingerprint density at radius 2 is 1.57 bits per heavy atom. The Morgan fingerprint density at radius 3 is 2.20 bits per heavy atom. The van der Waals surface area contributed by atoms with E-state index in [9.17, 15) is 14.7 Å². The van der Waals surface area contributed by atoms with E-state index in [0.717, 1.165) is 0 Å². The van der Waals surface area contributed by atoms with Crippen LogP contribution in [0, 0.1) is 6.92 Å². The highest BCUT2D eigenvalue weighted by atomic mass is 35.5. The molecule has 180 valence electrons. The van der Waals surface area contributed by atoms with Gasteiger partial charge in [-0.05, 0) is 36.2 Å². The molecule has 6 nitrogen and oxygen atoms in total. The molecule has 1 unspecified atom stereocenters. The van der Waals surface area contributed by atoms with Crippen LogP contribution in [0.2, 0.25) is 15.1 Å². The molecule has 1 atom stereocenters. The number of hydrogen-bond acceptors (Lipinski definition) is 5. The lowest BCUT2D eigenvalue weighted by atomic mass is 9.94. The molecule has 1 aliphatic rings. The SMILES string of the molecule is COc1c(Cl)cc(/C(O)=C2\C(=O)C(=O)N(c3cccc(Cl)c3C)C2c2ccccc2)c(OC)c1Cl. The fourth-order valence-electron chi connectivity index (χ4n) is 4.18. The summed E-state index contributed by atoms with van der Waals surface area (Å²) in [7, 11) is 2.74. The number of carbonyl (C=O) groups excluding carboxylic acids is 2. The van der Waals surface area contributed by atoms with Gasteiger partial charge in [0.1, 0.15) is 10.8 Å². The second-order valence-corrected chi connectivity index (χ2v) is 8.94. The number of methoxy groups -OCH3 is 2. The Balaban J connectivity index is 2.04. The zero-order chi connectivity index (χ0) is 25.4. The minimum Gasteiger partial charge on any atom is -0.507 e. The van der Waals surface area contributed by atoms with E-state index in [4.69, 9.17) is 44.3 Å². The van der Waals surface area contributed by atoms with Crippen LogP contribution >= 0.6 is 34.8 Å². The first kappa shape index (κ1) is 24.9. The number of nitrogens with zero attached hydrogens (tertiary/aromatic N) is 1. The summed E-state index contributed by atoms with van der Waals surface area (Å²) >= 11 is 19.1. The molecule has 9 heteroatoms. The van der Waals surface area contributed by atoms with Crippen molar-refractivity contribution in [2.24, 2.45) is 0 Å². The Labute approximate surface area is 217 Å². The van der Waals surface area contributed by atoms with Crippen molar-refractivity contribution < 1.29 is 24.2 Å². The summed E-state index contributed by atoms with van der Waals surface area (Å²) in [4.78, 5) is 28.1. The van der Waals surface area contributed by atoms with Gasteiger partial charge >= 0.3 is 0 Å². The molecule has 0 bridgehead atoms. The van der Waals surface area contributed by atoms with E-state index in [1.807, 2.05) is 6.07 Å². The smallest absolute Gasteiger partial charge is 0.300 e. The fourth-order valence-corrected chi connectivity index (χ4v) is 5.04. The number of ketones is 1. The van der Waals surface area contributed by atoms with Gasteiger partial charge in [-0.25, -0.2) is 0 Å². The zero-order valence-electron chi connectivity index (χ0n) is 18.9. The molecule has 1 heterocycles. The first-order valence-corrected chi connectivity index (χ1v) is 11.6. The number of hydrogen-bond donors (Lipinski definition) is 1. The molecular weight excluding hydrogens is 513 g/mol. The number of aliphatic hydroxyl groups excluding tert-OH is 1. The van der Waals surface area contributed by atoms with Gasteiger partial charge in [0.25, 0.3) is 11.7 Å². The molecule has 0 spiro atoms. The van der Waals surface area contributed by atoms with Crippen LogP contribution < -0.4 is 14.4 Å². The summed E-state index contributed by atoms with van der Waals surface area (Å²) in [6, 6.07) is 14.4. The summed E-state index contributed by atoms with van der Waals surface area (Å²) in [5.41, 5.74) is 1.58. The molecule has 3 aromatic carbocycles. The predicted octanol–water partition coefficient (Wildman–Crippen LogP) is 6.60. The number of rotatable bonds is 5. The lowest BCUT2D eigenvalue weighted by Crippen LogP contribution is -2.30. The maximum atomic E-state index is 13.4. The third kappa shape index (κ3) is 4.12. The summed E-state index contributed by atoms with van der Waals surface area (Å²) in [5, 5.41) is 12.0. The standard InChI is InChI=1S/C26H20Cl3NO5/c1-13-16(27)10-7-11-18(13)30-21(14-8-5-4-6-9-14)19(23(32)26(30)33)22(31)15-12-17(28)25(35-3)20(29)24(15)34-2/h4-12,21,31H,1-3H3/b22-19+. The van der Waals surface area contributed by atoms with Crippen LogP contribution in [0.3, 0.4) is 0 Å². The van der Waals surface area contributed by atoms with Gasteiger partial charge in [0.15, 0.2) is 11.5 Å². The molecule has 0 radical (unpaired) electrons. The van der Waals surface area contributed by atoms with E-state index in [-0.39, 0.29) is 32.7 Å². The number of Topliss-reactive ketones (excluding diaryl/α,β-unsaturated/α-hetero) is 1. The fraction of sp³-hybridized carbons (Fsp3) is 0.154. The number of halogens is 3. The van der Waals surface area contributed by atoms with Crippen molar-refractivity contribution in [2.75, 3.05) is 19.1 Å². The summed E-state index contributed by atoms with van der Waals surface area (Å²) < 4.78 is 10.6. The van der Waals surface area contributed by atoms with Crippen molar-refractivity contribution >= 4 is 57.9 Å². The molecule has 1 aliphatic heterocycles. The molecule has 3 aromatic rings. The number of aliphatic hydroxyl groups is 1. The normalized spacial score (nSPS) is 17.1. The van der Waals surface area contributed by atoms with E-state index in [1.54, 1.807) is 49.4 Å². The van der Waals surface area contributed by atoms with Crippen molar-refractivity contribution in [3.8, 4) is 11.5 Å². The van der Waals surface area contributed by atoms with Crippen LogP contribution in [0.4, 0.5) is 5.69 Å². The largest absolute Gasteiger partial charge is 0.507 e. The van der Waals surface area contributed by atoms with Crippen LogP contribution in [0.25, 0.3) is 5.76 Å². The van der Waals surface area contributed by atoms with Gasteiger partial charge < -0.3 is 14.6 Å². The average molecular weight is 533 g/mol. The van der Waals surface area contributed by atoms with Crippen LogP contribution in [0.5, 0.6) is 11.5 Å². The Kier molecular flexibility index (Phi) is 6.99. The average Bonchev–Trinajstić information content (AvgIpc) is 3.11. The van der Waals surface area contributed by atoms with Crippen molar-refractivity contribution in [2.45, 2.75) is 13.0 Å². The van der Waals surface area contributed by atoms with Gasteiger partial charge in [0.2, 0.25) is 0 Å². The maximum absolute atomic E-state index is 13.4. The van der Waals surface area contributed by atoms with Gasteiger partial charge in [0, 0.05) is 10.7 Å². The monoisotopic (exact) mass is 531 g/mol. The van der Waals surface area contributed by atoms with Crippen LogP contribution in [0.1, 0.15) is 22.7 Å². The molecule has 35 heavy (non-hydrogen) atoms. The van der Waals surface area contributed by atoms with E-state index in [0.29, 0.717) is 21.8 Å². The predicted molar refractivity (Wildman–Crippen MR) is 137 cm³/mol. The molecule has 0 aliphatic carbocycles. The minimum atomic E-state index is -0.947. The third-order valence-corrected chi connectivity index (χ3v) is 6.89. The van der Waals surface area contributed by atoms with E-state index in [2.05, 4.69) is 0 Å². The lowest BCUT2D eigenvalue weighted by molar-refractivity contribution is -0.132. The van der Waals surface area contributed by atoms with E-state index >= 15 is 0 Å². The Bertz CT molecular complexity index is 1370. The number of ether oxygens (including phenoxy) is 2. The topological polar surface area (TPSA) is 76.1 Å². The van der Waals surface area contributed by atoms with E-state index in [1.165, 1.54) is 25.2 Å². The van der Waals surface area contributed by atoms with E-state index < -0.39 is 23.5 Å². The van der Waals surface area contributed by atoms with Crippen molar-refractivity contribution in [3.05, 3.63) is 91.9 Å². The van der Waals surface area contributed by atoms with Gasteiger partial charge in [-0.3, -0.25) is 14.5 Å². The summed E-state index contributed by atoms with van der Waals surface area (Å²) in [5.74, 6) is -1.97. The first-order valence-electron chi connectivity index (χ1n) is 10.4. The maximum Gasteiger partial charge on any atom is 0.300 e. The Hall–Kier alpha value is -3.19. The van der Waals surface area contributed by atoms with Gasteiger partial charge in [0.05, 0.1) is 36.4 Å². The van der Waals surface area contributed by atoms with Crippen molar-refractivity contribution in [1.82, 2.24) is 0 Å². The molecule has 4 rings (SSSR count). The van der Waals surface area contributed by atoms with Crippen molar-refractivity contribution in [3.63, 3.8) is 0 Å². The quantitative estimate of drug-likeness (QED) is 0.228. The number of benzene rings is 3. The molecule has 0 saturated carbocycles. The first-order chi connectivity index (χ1) is 16.7. The molecular formula is C26H20Cl3NO5. The molecule has 1 fully saturated rings. The summed E-state index contributed by atoms with van der Waals surface area (Å²) in [6.45, 7) is 1.76. The minimum absolute atomic E-state index is 0.0141. The number of carbonyl (C=O) groups is 2. The van der Waals surface area contributed by atoms with Crippen LogP contribution in [-0.4, -0.2) is 31.0 Å². The molecule has 1 amide bonds. The second-order valence-electron chi connectivity index (χ2n) is 7.75. The van der Waals surface area contributed by atoms with Crippen molar-refractivity contribution in [1.29, 1.82) is 0 Å². The third-order valence-electron chi connectivity index (χ3n) is 5.85. The van der Waals surface area contributed by atoms with Gasteiger partial charge in [-0.2, -0.15) is 0 Å². The van der Waals surface area contributed by atoms with Gasteiger partial charge in [-0.1, -0.05) is 71.2 Å². The summed E-state index contributed by atoms with van der Waals surface area (Å²) in [6.07, 6.45) is 0. The highest BCUT2D eigenvalue weighted by molar-refractivity contribution is 6.52. The number of amides is 1. The molecule has 1 saturated heterocycles. The lowest BCUT2D eigenvalue weighted by Gasteiger charge is -2.27. The highest BCUT2D eigenvalue weighted by Crippen LogP contribution is 2.48. The molecule has 1 N–H and O–H groups in total. The second kappa shape index (κ2) is 9.82.